The summed E-state index contributed by atoms with van der Waals surface area (Å²) in [5, 5.41) is 0. The number of nitrogens with zero attached hydrogens (tertiary/aromatic N) is 4. The van der Waals surface area contributed by atoms with Crippen molar-refractivity contribution in [2.75, 3.05) is 11.6 Å². The molecular weight excluding hydrogens is 436 g/mol. The molecule has 0 radical (unpaired) electrons. The second-order valence-electron chi connectivity index (χ2n) is 9.00. The third kappa shape index (κ3) is 4.84. The predicted octanol–water partition coefficient (Wildman–Crippen LogP) is 5.78. The number of benzene rings is 3. The van der Waals surface area contributed by atoms with Crippen molar-refractivity contribution in [3.8, 4) is 11.5 Å². The zero-order valence-electron chi connectivity index (χ0n) is 20.4. The monoisotopic (exact) mass is 466 g/mol. The fourth-order valence-electron chi connectivity index (χ4n) is 4.50. The van der Waals surface area contributed by atoms with Gasteiger partial charge in [0.1, 0.15) is 11.5 Å². The van der Waals surface area contributed by atoms with Crippen molar-refractivity contribution in [3.05, 3.63) is 112 Å². The lowest BCUT2D eigenvalue weighted by atomic mass is 10.1. The highest BCUT2D eigenvalue weighted by Crippen LogP contribution is 2.31. The number of para-hydroxylation sites is 1. The van der Waals surface area contributed by atoms with Crippen molar-refractivity contribution >= 4 is 11.6 Å². The molecule has 0 amide bonds. The zero-order valence-corrected chi connectivity index (χ0v) is 20.4. The number of hydrogen-bond acceptors (Lipinski definition) is 5. The van der Waals surface area contributed by atoms with Crippen LogP contribution in [-0.2, 0) is 19.6 Å². The first-order valence-corrected chi connectivity index (χ1v) is 12.0. The second kappa shape index (κ2) is 9.76. The summed E-state index contributed by atoms with van der Waals surface area (Å²) in [5.74, 6) is 2.24. The lowest BCUT2D eigenvalue weighted by Gasteiger charge is -2.38. The quantitative estimate of drug-likeness (QED) is 0.360. The number of aromatic nitrogens is 2. The van der Waals surface area contributed by atoms with Crippen LogP contribution in [0.5, 0.6) is 11.5 Å². The van der Waals surface area contributed by atoms with E-state index < -0.39 is 0 Å². The SMILES string of the molecule is CCc1c(C)nc2n(c1=O)CN(Cc1ccc(C)cc1)CN2c1ccc(Oc2ccccc2)cc1. The van der Waals surface area contributed by atoms with Crippen LogP contribution >= 0.6 is 0 Å². The minimum atomic E-state index is 0.0395. The highest BCUT2D eigenvalue weighted by atomic mass is 16.5. The summed E-state index contributed by atoms with van der Waals surface area (Å²) in [7, 11) is 0. The zero-order chi connectivity index (χ0) is 24.4. The first kappa shape index (κ1) is 22.9. The van der Waals surface area contributed by atoms with E-state index in [4.69, 9.17) is 9.72 Å². The van der Waals surface area contributed by atoms with Crippen molar-refractivity contribution in [1.82, 2.24) is 14.5 Å². The molecule has 0 fully saturated rings. The standard InChI is InChI=1S/C29H30N4O2/c1-4-27-22(3)30-29-32(24-14-16-26(17-15-24)35-25-8-6-5-7-9-25)19-31(20-33(29)28(27)34)18-23-12-10-21(2)11-13-23/h5-17H,4,18-20H2,1-3H3. The van der Waals surface area contributed by atoms with Crippen LogP contribution in [-0.4, -0.2) is 21.1 Å². The van der Waals surface area contributed by atoms with Crippen LogP contribution in [0, 0.1) is 13.8 Å². The molecular formula is C29H30N4O2. The summed E-state index contributed by atoms with van der Waals surface area (Å²) in [6.07, 6.45) is 0.668. The Morgan fingerprint density at radius 3 is 2.23 bits per heavy atom. The Bertz CT molecular complexity index is 1360. The normalized spacial score (nSPS) is 13.5. The molecule has 1 aliphatic rings. The van der Waals surface area contributed by atoms with Gasteiger partial charge in [-0.15, -0.1) is 0 Å². The molecule has 0 N–H and O–H groups in total. The highest BCUT2D eigenvalue weighted by molar-refractivity contribution is 5.59. The van der Waals surface area contributed by atoms with E-state index in [1.165, 1.54) is 11.1 Å². The summed E-state index contributed by atoms with van der Waals surface area (Å²) >= 11 is 0. The molecule has 0 unspecified atom stereocenters. The fraction of sp³-hybridized carbons (Fsp3) is 0.241. The Labute approximate surface area is 206 Å². The number of rotatable bonds is 6. The molecule has 0 saturated carbocycles. The molecule has 0 aliphatic carbocycles. The topological polar surface area (TPSA) is 50.6 Å². The average molecular weight is 467 g/mol. The molecule has 6 heteroatoms. The van der Waals surface area contributed by atoms with Crippen molar-refractivity contribution < 1.29 is 4.74 Å². The Hall–Kier alpha value is -3.90. The third-order valence-electron chi connectivity index (χ3n) is 6.38. The molecule has 1 aliphatic heterocycles. The van der Waals surface area contributed by atoms with E-state index in [0.717, 1.165) is 35.0 Å². The van der Waals surface area contributed by atoms with Gasteiger partial charge in [-0.05, 0) is 62.2 Å². The van der Waals surface area contributed by atoms with Gasteiger partial charge in [0.2, 0.25) is 5.95 Å². The van der Waals surface area contributed by atoms with Crippen LogP contribution in [0.25, 0.3) is 0 Å². The largest absolute Gasteiger partial charge is 0.457 e. The molecule has 35 heavy (non-hydrogen) atoms. The van der Waals surface area contributed by atoms with Gasteiger partial charge < -0.3 is 4.74 Å². The van der Waals surface area contributed by atoms with Crippen LogP contribution in [0.15, 0.2) is 83.7 Å². The summed E-state index contributed by atoms with van der Waals surface area (Å²) in [5.41, 5.74) is 5.03. The summed E-state index contributed by atoms with van der Waals surface area (Å²) in [4.78, 5) is 22.6. The number of ether oxygens (including phenoxy) is 1. The van der Waals surface area contributed by atoms with Gasteiger partial charge in [-0.3, -0.25) is 19.2 Å². The first-order chi connectivity index (χ1) is 17.0. The van der Waals surface area contributed by atoms with Gasteiger partial charge in [0, 0.05) is 23.5 Å². The van der Waals surface area contributed by atoms with Gasteiger partial charge in [0.15, 0.2) is 0 Å². The van der Waals surface area contributed by atoms with Gasteiger partial charge in [-0.2, -0.15) is 0 Å². The minimum Gasteiger partial charge on any atom is -0.457 e. The minimum absolute atomic E-state index is 0.0395. The Morgan fingerprint density at radius 1 is 0.857 bits per heavy atom. The second-order valence-corrected chi connectivity index (χ2v) is 9.00. The lowest BCUT2D eigenvalue weighted by molar-refractivity contribution is 0.189. The number of fused-ring (bicyclic) bond motifs is 1. The van der Waals surface area contributed by atoms with Crippen LogP contribution in [0.4, 0.5) is 11.6 Å². The summed E-state index contributed by atoms with van der Waals surface area (Å²) in [6.45, 7) is 7.90. The molecule has 1 aromatic heterocycles. The smallest absolute Gasteiger partial charge is 0.259 e. The van der Waals surface area contributed by atoms with Gasteiger partial charge >= 0.3 is 0 Å². The average Bonchev–Trinajstić information content (AvgIpc) is 2.87. The molecule has 0 saturated heterocycles. The molecule has 6 nitrogen and oxygen atoms in total. The van der Waals surface area contributed by atoms with E-state index in [2.05, 4.69) is 41.0 Å². The molecule has 2 heterocycles. The molecule has 0 atom stereocenters. The van der Waals surface area contributed by atoms with Crippen LogP contribution in [0.3, 0.4) is 0 Å². The van der Waals surface area contributed by atoms with E-state index in [1.807, 2.05) is 68.4 Å². The van der Waals surface area contributed by atoms with Gasteiger partial charge in [0.05, 0.1) is 13.3 Å². The maximum absolute atomic E-state index is 13.4. The van der Waals surface area contributed by atoms with Crippen molar-refractivity contribution in [2.24, 2.45) is 0 Å². The Morgan fingerprint density at radius 2 is 1.54 bits per heavy atom. The first-order valence-electron chi connectivity index (χ1n) is 12.0. The highest BCUT2D eigenvalue weighted by Gasteiger charge is 2.27. The molecule has 4 aromatic rings. The number of aryl methyl sites for hydroxylation is 2. The molecule has 0 bridgehead atoms. The van der Waals surface area contributed by atoms with E-state index >= 15 is 0 Å². The van der Waals surface area contributed by atoms with Crippen molar-refractivity contribution in [2.45, 2.75) is 40.4 Å². The van der Waals surface area contributed by atoms with E-state index in [9.17, 15) is 4.79 Å². The molecule has 5 rings (SSSR count). The number of hydrogen-bond donors (Lipinski definition) is 0. The Kier molecular flexibility index (Phi) is 6.38. The van der Waals surface area contributed by atoms with Crippen LogP contribution in [0.2, 0.25) is 0 Å². The number of anilines is 2. The Balaban J connectivity index is 1.48. The molecule has 178 valence electrons. The van der Waals surface area contributed by atoms with Gasteiger partial charge in [-0.1, -0.05) is 55.0 Å². The fourth-order valence-corrected chi connectivity index (χ4v) is 4.50. The van der Waals surface area contributed by atoms with Crippen LogP contribution in [0.1, 0.15) is 29.3 Å². The van der Waals surface area contributed by atoms with Gasteiger partial charge in [-0.25, -0.2) is 4.98 Å². The van der Waals surface area contributed by atoms with Crippen LogP contribution < -0.4 is 15.2 Å². The van der Waals surface area contributed by atoms with E-state index in [1.54, 1.807) is 4.57 Å². The summed E-state index contributed by atoms with van der Waals surface area (Å²) in [6, 6.07) is 26.2. The predicted molar refractivity (Wildman–Crippen MR) is 139 cm³/mol. The van der Waals surface area contributed by atoms with Gasteiger partial charge in [0.25, 0.3) is 5.56 Å². The molecule has 0 spiro atoms. The van der Waals surface area contributed by atoms with Crippen molar-refractivity contribution in [3.63, 3.8) is 0 Å². The van der Waals surface area contributed by atoms with E-state index in [0.29, 0.717) is 25.7 Å². The molecule has 3 aromatic carbocycles. The maximum Gasteiger partial charge on any atom is 0.259 e. The summed E-state index contributed by atoms with van der Waals surface area (Å²) < 4.78 is 7.77. The maximum atomic E-state index is 13.4. The third-order valence-corrected chi connectivity index (χ3v) is 6.38. The van der Waals surface area contributed by atoms with Crippen molar-refractivity contribution in [1.29, 1.82) is 0 Å². The lowest BCUT2D eigenvalue weighted by Crippen LogP contribution is -2.47. The van der Waals surface area contributed by atoms with E-state index in [-0.39, 0.29) is 5.56 Å².